The minimum Gasteiger partial charge on any atom is -0.360 e. The number of aryl methyl sites for hydroxylation is 2. The summed E-state index contributed by atoms with van der Waals surface area (Å²) < 4.78 is 75.3. The van der Waals surface area contributed by atoms with Gasteiger partial charge < -0.3 is 9.84 Å². The number of halogens is 4. The number of aromatic nitrogens is 1. The van der Waals surface area contributed by atoms with Gasteiger partial charge in [-0.3, -0.25) is 4.72 Å². The zero-order valence-electron chi connectivity index (χ0n) is 14.5. The number of hydrogen-bond acceptors (Lipinski definition) is 5. The summed E-state index contributed by atoms with van der Waals surface area (Å²) in [7, 11) is -4.22. The van der Waals surface area contributed by atoms with E-state index < -0.39 is 33.2 Å². The van der Waals surface area contributed by atoms with Crippen molar-refractivity contribution in [3.05, 3.63) is 62.8 Å². The van der Waals surface area contributed by atoms with Crippen molar-refractivity contribution in [1.82, 2.24) is 5.16 Å². The second kappa shape index (κ2) is 7.62. The molecular weight excluding hydrogens is 510 g/mol. The first kappa shape index (κ1) is 20.5. The van der Waals surface area contributed by atoms with E-state index >= 15 is 0 Å². The van der Waals surface area contributed by atoms with Gasteiger partial charge in [-0.2, -0.15) is 0 Å². The molecule has 0 aliphatic heterocycles. The lowest BCUT2D eigenvalue weighted by Gasteiger charge is -2.16. The lowest BCUT2D eigenvalue weighted by atomic mass is 10.2. The van der Waals surface area contributed by atoms with Gasteiger partial charge in [-0.25, -0.2) is 21.6 Å². The summed E-state index contributed by atoms with van der Waals surface area (Å²) in [5.41, 5.74) is -0.916. The van der Waals surface area contributed by atoms with Crippen LogP contribution in [0.1, 0.15) is 11.5 Å². The van der Waals surface area contributed by atoms with Crippen LogP contribution in [0.25, 0.3) is 0 Å². The van der Waals surface area contributed by atoms with Crippen molar-refractivity contribution < 1.29 is 26.1 Å². The van der Waals surface area contributed by atoms with Gasteiger partial charge in [0.1, 0.15) is 17.2 Å². The summed E-state index contributed by atoms with van der Waals surface area (Å²) >= 11 is 1.89. The zero-order valence-corrected chi connectivity index (χ0v) is 17.5. The number of nitrogens with one attached hydrogen (secondary N) is 2. The Labute approximate surface area is 172 Å². The SMILES string of the molecule is Cc1noc(C)c1S(=O)(=O)Nc1ccc(F)c(F)c1Nc1ccc(I)cc1F. The molecule has 0 aliphatic carbocycles. The smallest absolute Gasteiger partial charge is 0.267 e. The summed E-state index contributed by atoms with van der Waals surface area (Å²) in [5.74, 6) is -3.27. The molecule has 11 heteroatoms. The molecule has 3 rings (SSSR count). The molecule has 0 atom stereocenters. The average Bonchev–Trinajstić information content (AvgIpc) is 2.95. The molecule has 0 fully saturated rings. The summed E-state index contributed by atoms with van der Waals surface area (Å²) in [4.78, 5) is -0.219. The van der Waals surface area contributed by atoms with Crippen molar-refractivity contribution in [2.75, 3.05) is 10.0 Å². The van der Waals surface area contributed by atoms with Crippen molar-refractivity contribution in [1.29, 1.82) is 0 Å². The minimum absolute atomic E-state index is 0.0331. The van der Waals surface area contributed by atoms with E-state index in [4.69, 9.17) is 4.52 Å². The highest BCUT2D eigenvalue weighted by atomic mass is 127. The minimum atomic E-state index is -4.22. The molecule has 3 aromatic rings. The second-order valence-corrected chi connectivity index (χ2v) is 8.66. The zero-order chi connectivity index (χ0) is 20.6. The van der Waals surface area contributed by atoms with Crippen LogP contribution in [0.4, 0.5) is 30.2 Å². The van der Waals surface area contributed by atoms with Crippen LogP contribution < -0.4 is 10.0 Å². The molecule has 148 valence electrons. The average molecular weight is 523 g/mol. The van der Waals surface area contributed by atoms with E-state index in [-0.39, 0.29) is 27.7 Å². The standard InChI is InChI=1S/C17H13F3IN3O3S/c1-8-17(9(2)27-23-8)28(25,26)24-14-6-4-11(18)15(20)16(14)22-13-5-3-10(21)7-12(13)19/h3-7,22,24H,1-2H3. The topological polar surface area (TPSA) is 84.2 Å². The van der Waals surface area contributed by atoms with Crippen molar-refractivity contribution in [3.63, 3.8) is 0 Å². The molecule has 0 radical (unpaired) electrons. The highest BCUT2D eigenvalue weighted by Crippen LogP contribution is 2.33. The number of hydrogen-bond donors (Lipinski definition) is 2. The predicted octanol–water partition coefficient (Wildman–Crippen LogP) is 4.86. The highest BCUT2D eigenvalue weighted by molar-refractivity contribution is 14.1. The Balaban J connectivity index is 2.06. The molecule has 0 saturated heterocycles. The first-order valence-electron chi connectivity index (χ1n) is 7.76. The first-order chi connectivity index (χ1) is 13.1. The Kier molecular flexibility index (Phi) is 5.57. The van der Waals surface area contributed by atoms with Crippen molar-refractivity contribution >= 4 is 49.7 Å². The number of sulfonamides is 1. The van der Waals surface area contributed by atoms with Gasteiger partial charge in [-0.05, 0) is 66.8 Å². The van der Waals surface area contributed by atoms with Crippen molar-refractivity contribution in [2.24, 2.45) is 0 Å². The van der Waals surface area contributed by atoms with Crippen molar-refractivity contribution in [2.45, 2.75) is 18.7 Å². The molecule has 0 unspecified atom stereocenters. The van der Waals surface area contributed by atoms with E-state index in [2.05, 4.69) is 15.2 Å². The third-order valence-electron chi connectivity index (χ3n) is 3.77. The third-order valence-corrected chi connectivity index (χ3v) is 6.05. The highest BCUT2D eigenvalue weighted by Gasteiger charge is 2.26. The molecule has 0 bridgehead atoms. The van der Waals surface area contributed by atoms with E-state index in [0.717, 1.165) is 12.1 Å². The quantitative estimate of drug-likeness (QED) is 0.467. The molecule has 28 heavy (non-hydrogen) atoms. The second-order valence-electron chi connectivity index (χ2n) is 5.79. The van der Waals surface area contributed by atoms with Crippen LogP contribution in [0.3, 0.4) is 0 Å². The van der Waals surface area contributed by atoms with Crippen LogP contribution in [-0.4, -0.2) is 13.6 Å². The maximum absolute atomic E-state index is 14.4. The van der Waals surface area contributed by atoms with Crippen LogP contribution in [0.15, 0.2) is 39.8 Å². The summed E-state index contributed by atoms with van der Waals surface area (Å²) in [6.45, 7) is 2.83. The van der Waals surface area contributed by atoms with E-state index in [9.17, 15) is 21.6 Å². The third kappa shape index (κ3) is 3.94. The number of benzene rings is 2. The molecule has 2 aromatic carbocycles. The van der Waals surface area contributed by atoms with Crippen LogP contribution in [0, 0.1) is 34.9 Å². The molecule has 0 spiro atoms. The van der Waals surface area contributed by atoms with E-state index in [1.54, 1.807) is 6.07 Å². The fourth-order valence-corrected chi connectivity index (χ4v) is 4.39. The Morgan fingerprint density at radius 3 is 2.32 bits per heavy atom. The summed E-state index contributed by atoms with van der Waals surface area (Å²) in [6.07, 6.45) is 0. The fraction of sp³-hybridized carbons (Fsp3) is 0.118. The molecular formula is C17H13F3IN3O3S. The summed E-state index contributed by atoms with van der Waals surface area (Å²) in [6, 6.07) is 5.86. The fourth-order valence-electron chi connectivity index (χ4n) is 2.54. The van der Waals surface area contributed by atoms with Gasteiger partial charge >= 0.3 is 0 Å². The molecule has 0 amide bonds. The van der Waals surface area contributed by atoms with Crippen LogP contribution >= 0.6 is 22.6 Å². The Bertz CT molecular complexity index is 1150. The Morgan fingerprint density at radius 2 is 1.71 bits per heavy atom. The first-order valence-corrected chi connectivity index (χ1v) is 10.3. The lowest BCUT2D eigenvalue weighted by molar-refractivity contribution is 0.390. The number of rotatable bonds is 5. The summed E-state index contributed by atoms with van der Waals surface area (Å²) in [5, 5.41) is 5.99. The van der Waals surface area contributed by atoms with Crippen LogP contribution in [-0.2, 0) is 10.0 Å². The molecule has 1 aromatic heterocycles. The maximum atomic E-state index is 14.4. The number of nitrogens with zero attached hydrogens (tertiary/aromatic N) is 1. The van der Waals surface area contributed by atoms with E-state index in [0.29, 0.717) is 3.57 Å². The monoisotopic (exact) mass is 523 g/mol. The van der Waals surface area contributed by atoms with Gasteiger partial charge in [0.2, 0.25) is 0 Å². The normalized spacial score (nSPS) is 11.5. The Hall–Kier alpha value is -2.28. The van der Waals surface area contributed by atoms with Gasteiger partial charge in [0.05, 0.1) is 11.4 Å². The molecule has 1 heterocycles. The molecule has 6 nitrogen and oxygen atoms in total. The molecule has 2 N–H and O–H groups in total. The molecule has 0 saturated carbocycles. The van der Waals surface area contributed by atoms with Crippen LogP contribution in [0.5, 0.6) is 0 Å². The maximum Gasteiger partial charge on any atom is 0.267 e. The van der Waals surface area contributed by atoms with Gasteiger partial charge in [0, 0.05) is 3.57 Å². The lowest BCUT2D eigenvalue weighted by Crippen LogP contribution is -2.16. The molecule has 0 aliphatic rings. The van der Waals surface area contributed by atoms with Gasteiger partial charge in [0.15, 0.2) is 22.3 Å². The van der Waals surface area contributed by atoms with Crippen LogP contribution in [0.2, 0.25) is 0 Å². The van der Waals surface area contributed by atoms with Gasteiger partial charge in [0.25, 0.3) is 10.0 Å². The largest absolute Gasteiger partial charge is 0.360 e. The predicted molar refractivity (Wildman–Crippen MR) is 106 cm³/mol. The number of anilines is 3. The van der Waals surface area contributed by atoms with E-state index in [1.165, 1.54) is 26.0 Å². The van der Waals surface area contributed by atoms with Gasteiger partial charge in [-0.15, -0.1) is 0 Å². The Morgan fingerprint density at radius 1 is 1.04 bits per heavy atom. The van der Waals surface area contributed by atoms with E-state index in [1.807, 2.05) is 22.6 Å². The van der Waals surface area contributed by atoms with Crippen molar-refractivity contribution in [3.8, 4) is 0 Å². The van der Waals surface area contributed by atoms with Gasteiger partial charge in [-0.1, -0.05) is 5.16 Å².